The Hall–Kier alpha value is -0.970. The second kappa shape index (κ2) is 4.96. The number of rotatable bonds is 7. The van der Waals surface area contributed by atoms with Gasteiger partial charge in [0.15, 0.2) is 5.82 Å². The van der Waals surface area contributed by atoms with Crippen LogP contribution >= 0.6 is 0 Å². The maximum absolute atomic E-state index is 4.21. The Labute approximate surface area is 109 Å². The lowest BCUT2D eigenvalue weighted by Crippen LogP contribution is -2.29. The lowest BCUT2D eigenvalue weighted by molar-refractivity contribution is 0.229. The van der Waals surface area contributed by atoms with Crippen molar-refractivity contribution in [1.82, 2.24) is 25.1 Å². The highest BCUT2D eigenvalue weighted by atomic mass is 15.6. The molecule has 2 fully saturated rings. The molecule has 0 spiro atoms. The number of hydrogen-bond acceptors (Lipinski definition) is 4. The zero-order chi connectivity index (χ0) is 12.5. The van der Waals surface area contributed by atoms with Crippen molar-refractivity contribution in [3.8, 4) is 0 Å². The standard InChI is InChI=1S/C13H23N5/c1-10(2)7-8-17(11-3-4-11)9-13-14-15-16-18(13)12-5-6-12/h10-12H,3-9H2,1-2H3. The first-order valence-corrected chi connectivity index (χ1v) is 7.25. The molecular formula is C13H23N5. The zero-order valence-corrected chi connectivity index (χ0v) is 11.4. The van der Waals surface area contributed by atoms with Crippen LogP contribution < -0.4 is 0 Å². The molecule has 100 valence electrons. The van der Waals surface area contributed by atoms with Crippen LogP contribution in [0.2, 0.25) is 0 Å². The summed E-state index contributed by atoms with van der Waals surface area (Å²) in [6.07, 6.45) is 6.45. The van der Waals surface area contributed by atoms with E-state index in [0.29, 0.717) is 6.04 Å². The molecular weight excluding hydrogens is 226 g/mol. The predicted octanol–water partition coefficient (Wildman–Crippen LogP) is 2.02. The van der Waals surface area contributed by atoms with Crippen molar-refractivity contribution >= 4 is 0 Å². The van der Waals surface area contributed by atoms with E-state index in [4.69, 9.17) is 0 Å². The Morgan fingerprint density at radius 2 is 2.06 bits per heavy atom. The number of hydrogen-bond donors (Lipinski definition) is 0. The molecule has 0 atom stereocenters. The van der Waals surface area contributed by atoms with Crippen LogP contribution in [0.1, 0.15) is 57.8 Å². The van der Waals surface area contributed by atoms with Crippen LogP contribution in [0.5, 0.6) is 0 Å². The molecule has 0 bridgehead atoms. The lowest BCUT2D eigenvalue weighted by atomic mass is 10.1. The van der Waals surface area contributed by atoms with Gasteiger partial charge in [-0.1, -0.05) is 13.8 Å². The van der Waals surface area contributed by atoms with Crippen LogP contribution in [0, 0.1) is 5.92 Å². The highest BCUT2D eigenvalue weighted by Crippen LogP contribution is 2.35. The largest absolute Gasteiger partial charge is 0.293 e. The van der Waals surface area contributed by atoms with Crippen molar-refractivity contribution in [2.45, 2.75) is 64.6 Å². The molecule has 0 N–H and O–H groups in total. The van der Waals surface area contributed by atoms with Crippen molar-refractivity contribution < 1.29 is 0 Å². The van der Waals surface area contributed by atoms with Gasteiger partial charge in [-0.05, 0) is 55.0 Å². The fourth-order valence-corrected chi connectivity index (χ4v) is 2.36. The molecule has 2 aliphatic rings. The maximum atomic E-state index is 4.21. The van der Waals surface area contributed by atoms with E-state index in [-0.39, 0.29) is 0 Å². The van der Waals surface area contributed by atoms with E-state index in [1.807, 2.05) is 4.68 Å². The molecule has 1 heterocycles. The van der Waals surface area contributed by atoms with Gasteiger partial charge in [0.05, 0.1) is 12.6 Å². The molecule has 2 saturated carbocycles. The second-order valence-corrected chi connectivity index (χ2v) is 6.16. The first-order valence-electron chi connectivity index (χ1n) is 7.25. The smallest absolute Gasteiger partial charge is 0.165 e. The SMILES string of the molecule is CC(C)CCN(Cc1nnnn1C1CC1)C1CC1. The molecule has 2 aliphatic carbocycles. The van der Waals surface area contributed by atoms with E-state index in [0.717, 1.165) is 24.3 Å². The summed E-state index contributed by atoms with van der Waals surface area (Å²) < 4.78 is 2.05. The van der Waals surface area contributed by atoms with Crippen molar-refractivity contribution in [2.24, 2.45) is 5.92 Å². The summed E-state index contributed by atoms with van der Waals surface area (Å²) in [5.74, 6) is 1.83. The van der Waals surface area contributed by atoms with E-state index in [9.17, 15) is 0 Å². The summed E-state index contributed by atoms with van der Waals surface area (Å²) in [5, 5.41) is 12.2. The fourth-order valence-electron chi connectivity index (χ4n) is 2.36. The van der Waals surface area contributed by atoms with E-state index in [1.165, 1.54) is 38.6 Å². The maximum Gasteiger partial charge on any atom is 0.165 e. The van der Waals surface area contributed by atoms with E-state index in [1.54, 1.807) is 0 Å². The zero-order valence-electron chi connectivity index (χ0n) is 11.4. The van der Waals surface area contributed by atoms with Gasteiger partial charge in [-0.25, -0.2) is 4.68 Å². The summed E-state index contributed by atoms with van der Waals surface area (Å²) in [6.45, 7) is 6.69. The van der Waals surface area contributed by atoms with Crippen molar-refractivity contribution in [2.75, 3.05) is 6.54 Å². The molecule has 3 rings (SSSR count). The van der Waals surface area contributed by atoms with Gasteiger partial charge < -0.3 is 0 Å². The molecule has 1 aromatic heterocycles. The Bertz CT molecular complexity index is 392. The first-order chi connectivity index (χ1) is 8.74. The Morgan fingerprint density at radius 1 is 1.28 bits per heavy atom. The van der Waals surface area contributed by atoms with E-state index < -0.39 is 0 Å². The van der Waals surface area contributed by atoms with Crippen molar-refractivity contribution in [3.63, 3.8) is 0 Å². The summed E-state index contributed by atoms with van der Waals surface area (Å²) in [7, 11) is 0. The van der Waals surface area contributed by atoms with Crippen LogP contribution in [0.15, 0.2) is 0 Å². The van der Waals surface area contributed by atoms with Crippen molar-refractivity contribution in [3.05, 3.63) is 5.82 Å². The van der Waals surface area contributed by atoms with Crippen LogP contribution in [0.25, 0.3) is 0 Å². The molecule has 0 unspecified atom stereocenters. The molecule has 0 saturated heterocycles. The average molecular weight is 249 g/mol. The van der Waals surface area contributed by atoms with E-state index in [2.05, 4.69) is 34.3 Å². The lowest BCUT2D eigenvalue weighted by Gasteiger charge is -2.22. The summed E-state index contributed by atoms with van der Waals surface area (Å²) in [4.78, 5) is 2.57. The van der Waals surface area contributed by atoms with Gasteiger partial charge in [0.1, 0.15) is 0 Å². The highest BCUT2D eigenvalue weighted by molar-refractivity contribution is 4.93. The summed E-state index contributed by atoms with van der Waals surface area (Å²) in [6, 6.07) is 1.37. The third-order valence-corrected chi connectivity index (χ3v) is 3.86. The Balaban J connectivity index is 1.62. The van der Waals surface area contributed by atoms with Gasteiger partial charge in [0, 0.05) is 6.04 Å². The molecule has 0 aliphatic heterocycles. The fraction of sp³-hybridized carbons (Fsp3) is 0.923. The van der Waals surface area contributed by atoms with Crippen LogP contribution in [-0.4, -0.2) is 37.7 Å². The minimum atomic E-state index is 0.584. The molecule has 18 heavy (non-hydrogen) atoms. The normalized spacial score (nSPS) is 20.0. The Kier molecular flexibility index (Phi) is 3.33. The quantitative estimate of drug-likeness (QED) is 0.741. The second-order valence-electron chi connectivity index (χ2n) is 6.16. The predicted molar refractivity (Wildman–Crippen MR) is 69.0 cm³/mol. The monoisotopic (exact) mass is 249 g/mol. The average Bonchev–Trinajstić information content (AvgIpc) is 3.23. The van der Waals surface area contributed by atoms with Crippen LogP contribution in [0.4, 0.5) is 0 Å². The van der Waals surface area contributed by atoms with Gasteiger partial charge in [0.25, 0.3) is 0 Å². The topological polar surface area (TPSA) is 46.8 Å². The third-order valence-electron chi connectivity index (χ3n) is 3.86. The number of nitrogens with zero attached hydrogens (tertiary/aromatic N) is 5. The van der Waals surface area contributed by atoms with Gasteiger partial charge in [-0.3, -0.25) is 4.90 Å². The molecule has 1 aromatic rings. The Morgan fingerprint density at radius 3 is 2.67 bits per heavy atom. The van der Waals surface area contributed by atoms with Gasteiger partial charge >= 0.3 is 0 Å². The summed E-state index contributed by atoms with van der Waals surface area (Å²) in [5.41, 5.74) is 0. The van der Waals surface area contributed by atoms with Gasteiger partial charge in [-0.2, -0.15) is 0 Å². The minimum absolute atomic E-state index is 0.584. The van der Waals surface area contributed by atoms with Crippen LogP contribution in [0.3, 0.4) is 0 Å². The number of tetrazole rings is 1. The molecule has 0 amide bonds. The molecule has 5 nitrogen and oxygen atoms in total. The van der Waals surface area contributed by atoms with E-state index >= 15 is 0 Å². The summed E-state index contributed by atoms with van der Waals surface area (Å²) >= 11 is 0. The van der Waals surface area contributed by atoms with Gasteiger partial charge in [0.2, 0.25) is 0 Å². The molecule has 5 heteroatoms. The first kappa shape index (κ1) is 12.1. The third kappa shape index (κ3) is 2.88. The molecule has 0 radical (unpaired) electrons. The van der Waals surface area contributed by atoms with Gasteiger partial charge in [-0.15, -0.1) is 5.10 Å². The minimum Gasteiger partial charge on any atom is -0.293 e. The number of aromatic nitrogens is 4. The highest BCUT2D eigenvalue weighted by Gasteiger charge is 2.32. The molecule has 0 aromatic carbocycles. The van der Waals surface area contributed by atoms with Crippen LogP contribution in [-0.2, 0) is 6.54 Å². The van der Waals surface area contributed by atoms with Crippen molar-refractivity contribution in [1.29, 1.82) is 0 Å².